The maximum atomic E-state index is 12.4. The van der Waals surface area contributed by atoms with Crippen molar-refractivity contribution >= 4 is 29.1 Å². The Morgan fingerprint density at radius 3 is 2.76 bits per heavy atom. The van der Waals surface area contributed by atoms with Gasteiger partial charge in [0.25, 0.3) is 5.91 Å². The van der Waals surface area contributed by atoms with E-state index in [2.05, 4.69) is 27.1 Å². The van der Waals surface area contributed by atoms with Gasteiger partial charge in [-0.05, 0) is 50.3 Å². The molecule has 5 nitrogen and oxygen atoms in total. The largest absolute Gasteiger partial charge is 0.338 e. The van der Waals surface area contributed by atoms with E-state index in [1.807, 2.05) is 19.1 Å². The third kappa shape index (κ3) is 4.10. The Labute approximate surface area is 153 Å². The Morgan fingerprint density at radius 2 is 2.08 bits per heavy atom. The number of nitrogens with one attached hydrogen (secondary N) is 1. The molecule has 0 radical (unpaired) electrons. The van der Waals surface area contributed by atoms with Crippen LogP contribution in [0.1, 0.15) is 48.5 Å². The van der Waals surface area contributed by atoms with E-state index in [9.17, 15) is 4.79 Å². The third-order valence-corrected chi connectivity index (χ3v) is 5.09. The third-order valence-electron chi connectivity index (χ3n) is 4.69. The summed E-state index contributed by atoms with van der Waals surface area (Å²) >= 11 is 6.10. The molecule has 2 aromatic rings. The quantitative estimate of drug-likeness (QED) is 0.876. The number of aryl methyl sites for hydroxylation is 1. The van der Waals surface area contributed by atoms with Crippen molar-refractivity contribution in [3.63, 3.8) is 0 Å². The highest BCUT2D eigenvalue weighted by Crippen LogP contribution is 2.24. The zero-order chi connectivity index (χ0) is 17.8. The molecule has 1 fully saturated rings. The van der Waals surface area contributed by atoms with Crippen LogP contribution in [-0.4, -0.2) is 28.5 Å². The van der Waals surface area contributed by atoms with Crippen LogP contribution < -0.4 is 10.2 Å². The van der Waals surface area contributed by atoms with Crippen LogP contribution in [0.4, 0.5) is 11.6 Å². The molecule has 1 aromatic carbocycles. The molecule has 1 aliphatic heterocycles. The minimum Gasteiger partial charge on any atom is -0.338 e. The lowest BCUT2D eigenvalue weighted by molar-refractivity contribution is 0.102. The number of amides is 1. The summed E-state index contributed by atoms with van der Waals surface area (Å²) in [6.07, 6.45) is 7.87. The first kappa shape index (κ1) is 17.7. The van der Waals surface area contributed by atoms with Crippen molar-refractivity contribution < 1.29 is 4.79 Å². The highest BCUT2D eigenvalue weighted by atomic mass is 35.5. The van der Waals surface area contributed by atoms with Crippen LogP contribution >= 0.6 is 11.6 Å². The fraction of sp³-hybridized carbons (Fsp3) is 0.421. The molecular weight excluding hydrogens is 336 g/mol. The average molecular weight is 359 g/mol. The molecule has 1 aromatic heterocycles. The molecule has 1 unspecified atom stereocenters. The van der Waals surface area contributed by atoms with Crippen molar-refractivity contribution in [2.45, 2.75) is 45.6 Å². The van der Waals surface area contributed by atoms with Gasteiger partial charge in [0.2, 0.25) is 5.95 Å². The first-order valence-corrected chi connectivity index (χ1v) is 9.12. The molecule has 0 spiro atoms. The van der Waals surface area contributed by atoms with E-state index in [0.717, 1.165) is 24.9 Å². The number of rotatable bonds is 4. The molecule has 1 atom stereocenters. The first-order chi connectivity index (χ1) is 12.1. The minimum absolute atomic E-state index is 0.239. The molecule has 1 saturated heterocycles. The first-order valence-electron chi connectivity index (χ1n) is 8.74. The lowest BCUT2D eigenvalue weighted by Gasteiger charge is -2.35. The average Bonchev–Trinajstić information content (AvgIpc) is 2.65. The van der Waals surface area contributed by atoms with E-state index in [-0.39, 0.29) is 5.91 Å². The molecular formula is C19H23ClN4O. The van der Waals surface area contributed by atoms with Gasteiger partial charge in [0.1, 0.15) is 0 Å². The summed E-state index contributed by atoms with van der Waals surface area (Å²) in [4.78, 5) is 23.5. The molecule has 0 aliphatic carbocycles. The van der Waals surface area contributed by atoms with Crippen LogP contribution in [0.5, 0.6) is 0 Å². The number of carbonyl (C=O) groups excluding carboxylic acids is 1. The summed E-state index contributed by atoms with van der Waals surface area (Å²) in [5.74, 6) is 0.471. The van der Waals surface area contributed by atoms with Crippen molar-refractivity contribution in [3.05, 3.63) is 46.7 Å². The van der Waals surface area contributed by atoms with Gasteiger partial charge < -0.3 is 10.2 Å². The van der Waals surface area contributed by atoms with Crippen LogP contribution in [0.25, 0.3) is 0 Å². The summed E-state index contributed by atoms with van der Waals surface area (Å²) in [7, 11) is 0. The molecule has 2 heterocycles. The number of aromatic nitrogens is 2. The van der Waals surface area contributed by atoms with Gasteiger partial charge in [0.15, 0.2) is 0 Å². The topological polar surface area (TPSA) is 58.1 Å². The fourth-order valence-corrected chi connectivity index (χ4v) is 3.33. The number of halogens is 1. The SMILES string of the molecule is CCC1CCCCN1c1ncc(C(=O)Nc2ccc(C)c(Cl)c2)cn1. The molecule has 132 valence electrons. The number of hydrogen-bond donors (Lipinski definition) is 1. The summed E-state index contributed by atoms with van der Waals surface area (Å²) in [6, 6.07) is 5.93. The summed E-state index contributed by atoms with van der Waals surface area (Å²) in [6.45, 7) is 5.09. The predicted molar refractivity (Wildman–Crippen MR) is 101 cm³/mol. The Kier molecular flexibility index (Phi) is 5.53. The molecule has 0 bridgehead atoms. The monoisotopic (exact) mass is 358 g/mol. The minimum atomic E-state index is -0.239. The number of nitrogens with zero attached hydrogens (tertiary/aromatic N) is 3. The predicted octanol–water partition coefficient (Wildman–Crippen LogP) is 4.46. The second kappa shape index (κ2) is 7.83. The normalized spacial score (nSPS) is 17.4. The van der Waals surface area contributed by atoms with Gasteiger partial charge in [-0.1, -0.05) is 24.6 Å². The lowest BCUT2D eigenvalue weighted by Crippen LogP contribution is -2.40. The van der Waals surface area contributed by atoms with Crippen molar-refractivity contribution in [1.29, 1.82) is 0 Å². The number of hydrogen-bond acceptors (Lipinski definition) is 4. The molecule has 25 heavy (non-hydrogen) atoms. The standard InChI is InChI=1S/C19H23ClN4O/c1-3-16-6-4-5-9-24(16)19-21-11-14(12-22-19)18(25)23-15-8-7-13(2)17(20)10-15/h7-8,10-12,16H,3-6,9H2,1-2H3,(H,23,25). The Morgan fingerprint density at radius 1 is 1.32 bits per heavy atom. The van der Waals surface area contributed by atoms with E-state index < -0.39 is 0 Å². The zero-order valence-corrected chi connectivity index (χ0v) is 15.4. The van der Waals surface area contributed by atoms with Crippen LogP contribution in [0.15, 0.2) is 30.6 Å². The Balaban J connectivity index is 1.70. The maximum absolute atomic E-state index is 12.4. The second-order valence-electron chi connectivity index (χ2n) is 6.44. The maximum Gasteiger partial charge on any atom is 0.258 e. The molecule has 1 aliphatic rings. The van der Waals surface area contributed by atoms with Crippen molar-refractivity contribution in [2.75, 3.05) is 16.8 Å². The van der Waals surface area contributed by atoms with Gasteiger partial charge in [0.05, 0.1) is 5.56 Å². The van der Waals surface area contributed by atoms with Gasteiger partial charge in [-0.15, -0.1) is 0 Å². The lowest BCUT2D eigenvalue weighted by atomic mass is 10.0. The van der Waals surface area contributed by atoms with E-state index in [0.29, 0.717) is 28.3 Å². The van der Waals surface area contributed by atoms with Crippen LogP contribution in [0.3, 0.4) is 0 Å². The van der Waals surface area contributed by atoms with Gasteiger partial charge in [-0.3, -0.25) is 4.79 Å². The van der Waals surface area contributed by atoms with Crippen LogP contribution in [0.2, 0.25) is 5.02 Å². The Bertz CT molecular complexity index is 748. The van der Waals surface area contributed by atoms with Gasteiger partial charge in [-0.2, -0.15) is 0 Å². The molecule has 1 N–H and O–H groups in total. The fourth-order valence-electron chi connectivity index (χ4n) is 3.15. The second-order valence-corrected chi connectivity index (χ2v) is 6.85. The number of carbonyl (C=O) groups is 1. The number of piperidine rings is 1. The summed E-state index contributed by atoms with van der Waals surface area (Å²) in [5.41, 5.74) is 2.07. The van der Waals surface area contributed by atoms with E-state index in [1.165, 1.54) is 12.8 Å². The highest BCUT2D eigenvalue weighted by Gasteiger charge is 2.23. The van der Waals surface area contributed by atoms with Crippen molar-refractivity contribution in [3.8, 4) is 0 Å². The van der Waals surface area contributed by atoms with Gasteiger partial charge in [0, 0.05) is 35.7 Å². The molecule has 6 heteroatoms. The zero-order valence-electron chi connectivity index (χ0n) is 14.6. The molecule has 3 rings (SSSR count). The molecule has 0 saturated carbocycles. The van der Waals surface area contributed by atoms with Gasteiger partial charge >= 0.3 is 0 Å². The van der Waals surface area contributed by atoms with Crippen molar-refractivity contribution in [2.24, 2.45) is 0 Å². The number of anilines is 2. The van der Waals surface area contributed by atoms with Crippen LogP contribution in [0, 0.1) is 6.92 Å². The summed E-state index contributed by atoms with van der Waals surface area (Å²) < 4.78 is 0. The number of benzene rings is 1. The smallest absolute Gasteiger partial charge is 0.258 e. The van der Waals surface area contributed by atoms with Gasteiger partial charge in [-0.25, -0.2) is 9.97 Å². The van der Waals surface area contributed by atoms with Crippen molar-refractivity contribution in [1.82, 2.24) is 9.97 Å². The van der Waals surface area contributed by atoms with E-state index in [1.54, 1.807) is 18.5 Å². The Hall–Kier alpha value is -2.14. The summed E-state index contributed by atoms with van der Waals surface area (Å²) in [5, 5.41) is 3.45. The van der Waals surface area contributed by atoms with Crippen LogP contribution in [-0.2, 0) is 0 Å². The molecule has 1 amide bonds. The highest BCUT2D eigenvalue weighted by molar-refractivity contribution is 6.31. The van der Waals surface area contributed by atoms with E-state index in [4.69, 9.17) is 11.6 Å². The van der Waals surface area contributed by atoms with E-state index >= 15 is 0 Å².